The van der Waals surface area contributed by atoms with Crippen molar-refractivity contribution >= 4 is 56.0 Å². The van der Waals surface area contributed by atoms with E-state index in [1.807, 2.05) is 0 Å². The van der Waals surface area contributed by atoms with Gasteiger partial charge in [-0.05, 0) is 39.7 Å². The molecule has 0 atom stereocenters. The van der Waals surface area contributed by atoms with Crippen LogP contribution in [0.15, 0.2) is 16.6 Å². The number of halogens is 4. The SMILES string of the molecule is O=C(Cl)COc1c(Cl)cc(Cl)cc1Br. The Morgan fingerprint density at radius 3 is 2.57 bits per heavy atom. The second-order valence-corrected chi connectivity index (χ2v) is 4.46. The van der Waals surface area contributed by atoms with Gasteiger partial charge >= 0.3 is 0 Å². The van der Waals surface area contributed by atoms with Gasteiger partial charge in [0.2, 0.25) is 0 Å². The van der Waals surface area contributed by atoms with Crippen molar-refractivity contribution in [1.29, 1.82) is 0 Å². The van der Waals surface area contributed by atoms with E-state index < -0.39 is 5.24 Å². The second kappa shape index (κ2) is 5.21. The van der Waals surface area contributed by atoms with Crippen LogP contribution in [0.1, 0.15) is 0 Å². The standard InChI is InChI=1S/C8H4BrCl3O2/c9-5-1-4(10)2-6(11)8(5)14-3-7(12)13/h1-2H,3H2. The zero-order chi connectivity index (χ0) is 10.7. The Morgan fingerprint density at radius 2 is 2.07 bits per heavy atom. The van der Waals surface area contributed by atoms with Gasteiger partial charge in [0.1, 0.15) is 0 Å². The van der Waals surface area contributed by atoms with E-state index in [-0.39, 0.29) is 6.61 Å². The molecule has 0 aliphatic rings. The molecule has 6 heteroatoms. The van der Waals surface area contributed by atoms with Crippen molar-refractivity contribution in [3.63, 3.8) is 0 Å². The van der Waals surface area contributed by atoms with E-state index in [1.165, 1.54) is 6.07 Å². The molecule has 0 aromatic heterocycles. The summed E-state index contributed by atoms with van der Waals surface area (Å²) >= 11 is 19.9. The maximum Gasteiger partial charge on any atom is 0.259 e. The predicted molar refractivity (Wildman–Crippen MR) is 60.5 cm³/mol. The number of benzene rings is 1. The third-order valence-corrected chi connectivity index (χ3v) is 2.49. The molecule has 76 valence electrons. The van der Waals surface area contributed by atoms with Gasteiger partial charge in [0.15, 0.2) is 12.4 Å². The summed E-state index contributed by atoms with van der Waals surface area (Å²) in [6.07, 6.45) is 0. The highest BCUT2D eigenvalue weighted by Gasteiger charge is 2.09. The molecule has 0 spiro atoms. The Balaban J connectivity index is 2.91. The minimum absolute atomic E-state index is 0.235. The average molecular weight is 318 g/mol. The molecule has 0 aliphatic heterocycles. The predicted octanol–water partition coefficient (Wildman–Crippen LogP) is 3.90. The summed E-state index contributed by atoms with van der Waals surface area (Å²) in [5, 5.41) is 0.205. The van der Waals surface area contributed by atoms with Gasteiger partial charge in [-0.15, -0.1) is 0 Å². The molecule has 0 saturated carbocycles. The van der Waals surface area contributed by atoms with E-state index >= 15 is 0 Å². The molecule has 2 nitrogen and oxygen atoms in total. The average Bonchev–Trinajstić information content (AvgIpc) is 2.01. The highest BCUT2D eigenvalue weighted by atomic mass is 79.9. The summed E-state index contributed by atoms with van der Waals surface area (Å²) < 4.78 is 5.64. The number of ether oxygens (including phenoxy) is 1. The molecule has 0 unspecified atom stereocenters. The third-order valence-electron chi connectivity index (χ3n) is 1.29. The highest BCUT2D eigenvalue weighted by Crippen LogP contribution is 2.35. The van der Waals surface area contributed by atoms with Crippen LogP contribution in [-0.4, -0.2) is 11.8 Å². The topological polar surface area (TPSA) is 26.3 Å². The highest BCUT2D eigenvalue weighted by molar-refractivity contribution is 9.10. The van der Waals surface area contributed by atoms with Crippen molar-refractivity contribution in [2.75, 3.05) is 6.61 Å². The van der Waals surface area contributed by atoms with Crippen molar-refractivity contribution in [2.24, 2.45) is 0 Å². The van der Waals surface area contributed by atoms with Gasteiger partial charge in [-0.1, -0.05) is 23.2 Å². The number of carbonyl (C=O) groups excluding carboxylic acids is 1. The second-order valence-electron chi connectivity index (χ2n) is 2.34. The van der Waals surface area contributed by atoms with Crippen molar-refractivity contribution < 1.29 is 9.53 Å². The van der Waals surface area contributed by atoms with Crippen LogP contribution in [0.2, 0.25) is 10.0 Å². The molecule has 14 heavy (non-hydrogen) atoms. The van der Waals surface area contributed by atoms with Gasteiger partial charge in [-0.25, -0.2) is 0 Å². The largest absolute Gasteiger partial charge is 0.482 e. The Labute approximate surface area is 104 Å². The molecule has 0 heterocycles. The van der Waals surface area contributed by atoms with Crippen LogP contribution < -0.4 is 4.74 Å². The fraction of sp³-hybridized carbons (Fsp3) is 0.125. The fourth-order valence-electron chi connectivity index (χ4n) is 0.796. The quantitative estimate of drug-likeness (QED) is 0.790. The normalized spacial score (nSPS) is 10.0. The fourth-order valence-corrected chi connectivity index (χ4v) is 2.22. The molecule has 1 rings (SSSR count). The molecule has 1 aromatic rings. The van der Waals surface area contributed by atoms with E-state index in [9.17, 15) is 4.79 Å². The van der Waals surface area contributed by atoms with E-state index in [2.05, 4.69) is 15.9 Å². The summed E-state index contributed by atoms with van der Waals surface area (Å²) in [7, 11) is 0. The minimum Gasteiger partial charge on any atom is -0.482 e. The summed E-state index contributed by atoms with van der Waals surface area (Å²) in [6, 6.07) is 3.13. The monoisotopic (exact) mass is 316 g/mol. The van der Waals surface area contributed by atoms with Crippen LogP contribution in [0.3, 0.4) is 0 Å². The van der Waals surface area contributed by atoms with E-state index in [4.69, 9.17) is 39.5 Å². The van der Waals surface area contributed by atoms with Crippen molar-refractivity contribution in [3.8, 4) is 5.75 Å². The van der Waals surface area contributed by atoms with Crippen LogP contribution in [0.25, 0.3) is 0 Å². The Kier molecular flexibility index (Phi) is 4.51. The molecule has 0 amide bonds. The van der Waals surface area contributed by atoms with Gasteiger partial charge < -0.3 is 4.74 Å². The minimum atomic E-state index is -0.595. The van der Waals surface area contributed by atoms with E-state index in [0.717, 1.165) is 0 Å². The summed E-state index contributed by atoms with van der Waals surface area (Å²) in [5.74, 6) is 0.352. The Hall–Kier alpha value is 0.0400. The maximum atomic E-state index is 10.5. The lowest BCUT2D eigenvalue weighted by molar-refractivity contribution is -0.113. The van der Waals surface area contributed by atoms with Gasteiger partial charge in [-0.3, -0.25) is 4.79 Å². The molecule has 1 aromatic carbocycles. The number of hydrogen-bond acceptors (Lipinski definition) is 2. The van der Waals surface area contributed by atoms with Crippen LogP contribution >= 0.6 is 50.7 Å². The Bertz CT molecular complexity index is 345. The molecule has 0 N–H and O–H groups in total. The van der Waals surface area contributed by atoms with Crippen molar-refractivity contribution in [2.45, 2.75) is 0 Å². The molecule has 0 aliphatic carbocycles. The number of carbonyl (C=O) groups is 1. The van der Waals surface area contributed by atoms with Crippen molar-refractivity contribution in [1.82, 2.24) is 0 Å². The van der Waals surface area contributed by atoms with E-state index in [1.54, 1.807) is 6.07 Å². The van der Waals surface area contributed by atoms with Crippen LogP contribution in [0, 0.1) is 0 Å². The molecule has 0 bridgehead atoms. The van der Waals surface area contributed by atoms with Crippen LogP contribution in [0.4, 0.5) is 0 Å². The smallest absolute Gasteiger partial charge is 0.259 e. The molecular formula is C8H4BrCl3O2. The third kappa shape index (κ3) is 3.31. The van der Waals surface area contributed by atoms with Crippen molar-refractivity contribution in [3.05, 3.63) is 26.7 Å². The molecule has 0 radical (unpaired) electrons. The molecular weight excluding hydrogens is 314 g/mol. The lowest BCUT2D eigenvalue weighted by Crippen LogP contribution is -2.05. The van der Waals surface area contributed by atoms with Crippen LogP contribution in [0.5, 0.6) is 5.75 Å². The lowest BCUT2D eigenvalue weighted by Gasteiger charge is -2.08. The number of hydrogen-bond donors (Lipinski definition) is 0. The van der Waals surface area contributed by atoms with Gasteiger partial charge in [-0.2, -0.15) is 0 Å². The number of rotatable bonds is 3. The van der Waals surface area contributed by atoms with Gasteiger partial charge in [0.25, 0.3) is 5.24 Å². The van der Waals surface area contributed by atoms with Gasteiger partial charge in [0.05, 0.1) is 9.50 Å². The molecule has 0 fully saturated rings. The zero-order valence-electron chi connectivity index (χ0n) is 6.69. The van der Waals surface area contributed by atoms with Gasteiger partial charge in [0, 0.05) is 5.02 Å². The van der Waals surface area contributed by atoms with E-state index in [0.29, 0.717) is 20.3 Å². The first-order chi connectivity index (χ1) is 6.50. The maximum absolute atomic E-state index is 10.5. The summed E-state index contributed by atoms with van der Waals surface area (Å²) in [6.45, 7) is -0.235. The molecule has 0 saturated heterocycles. The summed E-state index contributed by atoms with van der Waals surface area (Å²) in [4.78, 5) is 10.5. The first-order valence-corrected chi connectivity index (χ1v) is 5.39. The van der Waals surface area contributed by atoms with Crippen LogP contribution in [-0.2, 0) is 4.79 Å². The lowest BCUT2D eigenvalue weighted by atomic mass is 10.3. The Morgan fingerprint density at radius 1 is 1.43 bits per heavy atom. The summed E-state index contributed by atoms with van der Waals surface area (Å²) in [5.41, 5.74) is 0. The first-order valence-electron chi connectivity index (χ1n) is 3.46. The first kappa shape index (κ1) is 12.1. The zero-order valence-corrected chi connectivity index (χ0v) is 10.5.